The zero-order valence-corrected chi connectivity index (χ0v) is 12.2. The fourth-order valence-electron chi connectivity index (χ4n) is 2.07. The van der Waals surface area contributed by atoms with Crippen LogP contribution in [0.25, 0.3) is 11.0 Å². The second-order valence-electron chi connectivity index (χ2n) is 4.97. The van der Waals surface area contributed by atoms with Crippen LogP contribution in [0, 0.1) is 0 Å². The van der Waals surface area contributed by atoms with Crippen molar-refractivity contribution >= 4 is 23.1 Å². The number of alkyl halides is 3. The molecule has 0 aliphatic rings. The highest BCUT2D eigenvalue weighted by molar-refractivity contribution is 5.96. The van der Waals surface area contributed by atoms with Gasteiger partial charge in [-0.1, -0.05) is 30.3 Å². The molecule has 0 aliphatic heterocycles. The minimum atomic E-state index is -4.38. The smallest absolute Gasteiger partial charge is 0.416 e. The minimum Gasteiger partial charge on any atom is -0.451 e. The zero-order chi connectivity index (χ0) is 17.2. The summed E-state index contributed by atoms with van der Waals surface area (Å²) in [6.07, 6.45) is -3.13. The highest BCUT2D eigenvalue weighted by Crippen LogP contribution is 2.28. The van der Waals surface area contributed by atoms with Gasteiger partial charge >= 0.3 is 12.1 Å². The molecule has 2 aromatic carbocycles. The molecule has 0 atom stereocenters. The molecule has 1 aromatic heterocycles. The summed E-state index contributed by atoms with van der Waals surface area (Å²) in [7, 11) is 0. The number of nitrogens with one attached hydrogen (secondary N) is 1. The predicted molar refractivity (Wildman–Crippen MR) is 82.7 cm³/mol. The Balaban J connectivity index is 1.66. The molecule has 7 heteroatoms. The molecule has 1 N–H and O–H groups in total. The van der Waals surface area contributed by atoms with Gasteiger partial charge in [0.25, 0.3) is 0 Å². The van der Waals surface area contributed by atoms with Crippen LogP contribution in [0.5, 0.6) is 0 Å². The van der Waals surface area contributed by atoms with Crippen LogP contribution < -0.4 is 5.43 Å². The SMILES string of the molecule is O=C(N/N=C/c1ccc(C(F)(F)F)cc1)c1cc2ccccc2o1. The quantitative estimate of drug-likeness (QED) is 0.577. The number of rotatable bonds is 3. The summed E-state index contributed by atoms with van der Waals surface area (Å²) in [5.41, 5.74) is 2.53. The lowest BCUT2D eigenvalue weighted by molar-refractivity contribution is -0.137. The Kier molecular flexibility index (Phi) is 4.07. The molecule has 0 radical (unpaired) electrons. The highest BCUT2D eigenvalue weighted by atomic mass is 19.4. The number of benzene rings is 2. The molecule has 24 heavy (non-hydrogen) atoms. The number of halogens is 3. The third-order valence-corrected chi connectivity index (χ3v) is 3.27. The highest BCUT2D eigenvalue weighted by Gasteiger charge is 2.29. The van der Waals surface area contributed by atoms with Crippen LogP contribution in [0.1, 0.15) is 21.7 Å². The number of nitrogens with zero attached hydrogens (tertiary/aromatic N) is 1. The van der Waals surface area contributed by atoms with Crippen LogP contribution in [0.2, 0.25) is 0 Å². The van der Waals surface area contributed by atoms with Gasteiger partial charge in [0.15, 0.2) is 5.76 Å². The molecule has 0 aliphatic carbocycles. The van der Waals surface area contributed by atoms with E-state index in [9.17, 15) is 18.0 Å². The molecule has 3 rings (SSSR count). The van der Waals surface area contributed by atoms with Gasteiger partial charge < -0.3 is 4.42 Å². The summed E-state index contributed by atoms with van der Waals surface area (Å²) in [5.74, 6) is -0.449. The number of furan rings is 1. The Morgan fingerprint density at radius 3 is 2.46 bits per heavy atom. The minimum absolute atomic E-state index is 0.0979. The second kappa shape index (κ2) is 6.19. The van der Waals surface area contributed by atoms with Crippen molar-refractivity contribution in [3.8, 4) is 0 Å². The maximum Gasteiger partial charge on any atom is 0.416 e. The largest absolute Gasteiger partial charge is 0.451 e. The van der Waals surface area contributed by atoms with E-state index in [4.69, 9.17) is 4.42 Å². The summed E-state index contributed by atoms with van der Waals surface area (Å²) in [5, 5.41) is 4.50. The molecule has 4 nitrogen and oxygen atoms in total. The molecule has 3 aromatic rings. The number of para-hydroxylation sites is 1. The van der Waals surface area contributed by atoms with Gasteiger partial charge in [0.1, 0.15) is 5.58 Å². The summed E-state index contributed by atoms with van der Waals surface area (Å²) in [6, 6.07) is 13.2. The molecular formula is C17H11F3N2O2. The van der Waals surface area contributed by atoms with Crippen molar-refractivity contribution in [2.75, 3.05) is 0 Å². The number of carbonyl (C=O) groups excluding carboxylic acids is 1. The number of fused-ring (bicyclic) bond motifs is 1. The molecule has 0 unspecified atom stereocenters. The normalized spacial score (nSPS) is 12.0. The van der Waals surface area contributed by atoms with E-state index in [-0.39, 0.29) is 5.76 Å². The molecule has 1 amide bonds. The molecule has 0 spiro atoms. The van der Waals surface area contributed by atoms with Crippen molar-refractivity contribution in [1.82, 2.24) is 5.43 Å². The number of carbonyl (C=O) groups is 1. The van der Waals surface area contributed by atoms with Crippen LogP contribution in [-0.2, 0) is 6.18 Å². The number of hydrazone groups is 1. The summed E-state index contributed by atoms with van der Waals surface area (Å²) in [6.45, 7) is 0. The van der Waals surface area contributed by atoms with E-state index in [1.807, 2.05) is 6.07 Å². The van der Waals surface area contributed by atoms with Crippen LogP contribution in [0.15, 0.2) is 64.1 Å². The monoisotopic (exact) mass is 332 g/mol. The maximum atomic E-state index is 12.5. The van der Waals surface area contributed by atoms with E-state index in [2.05, 4.69) is 10.5 Å². The van der Waals surface area contributed by atoms with Crippen molar-refractivity contribution in [1.29, 1.82) is 0 Å². The van der Waals surface area contributed by atoms with Gasteiger partial charge in [-0.2, -0.15) is 18.3 Å². The summed E-state index contributed by atoms with van der Waals surface area (Å²) in [4.78, 5) is 11.9. The fourth-order valence-corrected chi connectivity index (χ4v) is 2.07. The zero-order valence-electron chi connectivity index (χ0n) is 12.2. The van der Waals surface area contributed by atoms with Crippen LogP contribution >= 0.6 is 0 Å². The number of hydrogen-bond donors (Lipinski definition) is 1. The van der Waals surface area contributed by atoms with Gasteiger partial charge in [-0.05, 0) is 29.8 Å². The molecule has 0 saturated carbocycles. The van der Waals surface area contributed by atoms with Crippen molar-refractivity contribution in [3.05, 3.63) is 71.5 Å². The Morgan fingerprint density at radius 1 is 1.08 bits per heavy atom. The first-order chi connectivity index (χ1) is 11.4. The second-order valence-corrected chi connectivity index (χ2v) is 4.97. The van der Waals surface area contributed by atoms with E-state index in [1.54, 1.807) is 24.3 Å². The Morgan fingerprint density at radius 2 is 1.79 bits per heavy atom. The average Bonchev–Trinajstić information content (AvgIpc) is 2.98. The van der Waals surface area contributed by atoms with Crippen molar-refractivity contribution in [2.24, 2.45) is 5.10 Å². The molecule has 0 bridgehead atoms. The van der Waals surface area contributed by atoms with Gasteiger partial charge in [-0.3, -0.25) is 4.79 Å². The Labute approximate surface area is 134 Å². The van der Waals surface area contributed by atoms with Crippen LogP contribution in [-0.4, -0.2) is 12.1 Å². The predicted octanol–water partition coefficient (Wildman–Crippen LogP) is 4.22. The maximum absolute atomic E-state index is 12.5. The molecular weight excluding hydrogens is 321 g/mol. The lowest BCUT2D eigenvalue weighted by Gasteiger charge is -2.05. The molecule has 1 heterocycles. The van der Waals surface area contributed by atoms with Crippen molar-refractivity contribution in [2.45, 2.75) is 6.18 Å². The summed E-state index contributed by atoms with van der Waals surface area (Å²) >= 11 is 0. The fraction of sp³-hybridized carbons (Fsp3) is 0.0588. The van der Waals surface area contributed by atoms with Crippen LogP contribution in [0.4, 0.5) is 13.2 Å². The standard InChI is InChI=1S/C17H11F3N2O2/c18-17(19,20)13-7-5-11(6-8-13)10-21-22-16(23)15-9-12-3-1-2-4-14(12)24-15/h1-10H,(H,22,23)/b21-10+. The van der Waals surface area contributed by atoms with E-state index in [1.165, 1.54) is 18.3 Å². The lowest BCUT2D eigenvalue weighted by Crippen LogP contribution is -2.16. The van der Waals surface area contributed by atoms with Crippen LogP contribution in [0.3, 0.4) is 0 Å². The summed E-state index contributed by atoms with van der Waals surface area (Å²) < 4.78 is 42.7. The lowest BCUT2D eigenvalue weighted by atomic mass is 10.1. The van der Waals surface area contributed by atoms with E-state index in [0.29, 0.717) is 11.1 Å². The molecule has 0 saturated heterocycles. The first-order valence-corrected chi connectivity index (χ1v) is 6.93. The van der Waals surface area contributed by atoms with Gasteiger partial charge in [0, 0.05) is 5.39 Å². The van der Waals surface area contributed by atoms with Gasteiger partial charge in [0.2, 0.25) is 0 Å². The average molecular weight is 332 g/mol. The van der Waals surface area contributed by atoms with Gasteiger partial charge in [-0.15, -0.1) is 0 Å². The first kappa shape index (κ1) is 15.8. The van der Waals surface area contributed by atoms with Crippen molar-refractivity contribution < 1.29 is 22.4 Å². The molecule has 0 fully saturated rings. The number of hydrogen-bond acceptors (Lipinski definition) is 3. The number of amides is 1. The van der Waals surface area contributed by atoms with Gasteiger partial charge in [-0.25, -0.2) is 5.43 Å². The van der Waals surface area contributed by atoms with Crippen molar-refractivity contribution in [3.63, 3.8) is 0 Å². The molecule has 122 valence electrons. The first-order valence-electron chi connectivity index (χ1n) is 6.93. The van der Waals surface area contributed by atoms with Gasteiger partial charge in [0.05, 0.1) is 11.8 Å². The van der Waals surface area contributed by atoms with E-state index >= 15 is 0 Å². The Bertz CT molecular complexity index is 863. The Hall–Kier alpha value is -3.09. The third kappa shape index (κ3) is 3.45. The van der Waals surface area contributed by atoms with E-state index in [0.717, 1.165) is 17.5 Å². The third-order valence-electron chi connectivity index (χ3n) is 3.27. The topological polar surface area (TPSA) is 54.6 Å². The van der Waals surface area contributed by atoms with E-state index < -0.39 is 17.6 Å².